The molecule has 9 heteroatoms. The number of nitrogens with one attached hydrogen (secondary N) is 2. The van der Waals surface area contributed by atoms with Crippen molar-refractivity contribution in [1.29, 1.82) is 0 Å². The number of aliphatic imine (C=N–C) groups is 1. The summed E-state index contributed by atoms with van der Waals surface area (Å²) < 4.78 is 1.57. The summed E-state index contributed by atoms with van der Waals surface area (Å²) in [5.41, 5.74) is 3.73. The Morgan fingerprint density at radius 1 is 1.28 bits per heavy atom. The fourth-order valence-electron chi connectivity index (χ4n) is 3.65. The zero-order valence-electron chi connectivity index (χ0n) is 18.6. The number of amides is 1. The lowest BCUT2D eigenvalue weighted by Crippen LogP contribution is -2.43. The monoisotopic (exact) mass is 431 g/mol. The Morgan fingerprint density at radius 3 is 2.78 bits per heavy atom. The Balaban J connectivity index is 1.76. The summed E-state index contributed by atoms with van der Waals surface area (Å²) >= 11 is 0. The predicted molar refractivity (Wildman–Crippen MR) is 123 cm³/mol. The average molecular weight is 432 g/mol. The molecular weight excluding hydrogens is 406 g/mol. The molecule has 0 fully saturated rings. The van der Waals surface area contributed by atoms with Gasteiger partial charge in [-0.2, -0.15) is 5.10 Å². The molecule has 0 spiro atoms. The lowest BCUT2D eigenvalue weighted by Gasteiger charge is -2.22. The number of carbonyl (C=O) groups excluding carboxylic acids is 1. The second-order valence-electron chi connectivity index (χ2n) is 8.11. The van der Waals surface area contributed by atoms with Crippen LogP contribution in [0.25, 0.3) is 22.2 Å². The zero-order valence-corrected chi connectivity index (χ0v) is 18.6. The maximum Gasteiger partial charge on any atom is 0.247 e. The third-order valence-electron chi connectivity index (χ3n) is 5.55. The molecule has 4 aromatic rings. The van der Waals surface area contributed by atoms with Gasteiger partial charge in [0.15, 0.2) is 11.7 Å². The number of aryl methyl sites for hydroxylation is 1. The van der Waals surface area contributed by atoms with E-state index in [1.807, 2.05) is 19.1 Å². The topological polar surface area (TPSA) is 121 Å². The van der Waals surface area contributed by atoms with E-state index in [0.29, 0.717) is 22.6 Å². The average Bonchev–Trinajstić information content (AvgIpc) is 3.36. The van der Waals surface area contributed by atoms with Gasteiger partial charge in [0.1, 0.15) is 5.54 Å². The van der Waals surface area contributed by atoms with Gasteiger partial charge in [-0.05, 0) is 45.4 Å². The van der Waals surface area contributed by atoms with Crippen LogP contribution in [-0.4, -0.2) is 48.5 Å². The van der Waals surface area contributed by atoms with Crippen molar-refractivity contribution in [3.63, 3.8) is 0 Å². The number of likely N-dealkylation sites (N-methyl/N-ethyl adjacent to an activating group) is 1. The van der Waals surface area contributed by atoms with Gasteiger partial charge in [-0.3, -0.25) is 19.4 Å². The number of rotatable bonds is 5. The van der Waals surface area contributed by atoms with E-state index in [4.69, 9.17) is 0 Å². The third kappa shape index (κ3) is 3.62. The lowest BCUT2D eigenvalue weighted by atomic mass is 10.0. The van der Waals surface area contributed by atoms with Gasteiger partial charge in [-0.1, -0.05) is 0 Å². The lowest BCUT2D eigenvalue weighted by molar-refractivity contribution is -0.128. The molecule has 3 N–H and O–H groups in total. The molecule has 4 rings (SSSR count). The largest absolute Gasteiger partial charge is 0.494 e. The van der Waals surface area contributed by atoms with E-state index >= 15 is 0 Å². The smallest absolute Gasteiger partial charge is 0.247 e. The van der Waals surface area contributed by atoms with Crippen molar-refractivity contribution in [2.75, 3.05) is 7.05 Å². The molecule has 0 bridgehead atoms. The van der Waals surface area contributed by atoms with Gasteiger partial charge in [-0.25, -0.2) is 4.99 Å². The van der Waals surface area contributed by atoms with Crippen LogP contribution in [0.15, 0.2) is 48.0 Å². The highest BCUT2D eigenvalue weighted by Gasteiger charge is 2.29. The SMILES string of the molecule is CNC(=O)C(C)(C)n1ccc(N=C(C)c2c(O)[nH]c3cnc(-c4cnccc4C)cc23)n1. The first-order valence-electron chi connectivity index (χ1n) is 10.2. The highest BCUT2D eigenvalue weighted by molar-refractivity contribution is 6.13. The van der Waals surface area contributed by atoms with Crippen molar-refractivity contribution in [1.82, 2.24) is 30.0 Å². The molecule has 0 aliphatic heterocycles. The Labute approximate surface area is 185 Å². The van der Waals surface area contributed by atoms with E-state index in [0.717, 1.165) is 22.2 Å². The summed E-state index contributed by atoms with van der Waals surface area (Å²) in [6.07, 6.45) is 6.92. The minimum absolute atomic E-state index is 0.00762. The van der Waals surface area contributed by atoms with Crippen LogP contribution in [0.3, 0.4) is 0 Å². The van der Waals surface area contributed by atoms with Crippen molar-refractivity contribution in [3.8, 4) is 17.1 Å². The fourth-order valence-corrected chi connectivity index (χ4v) is 3.65. The van der Waals surface area contributed by atoms with E-state index in [1.165, 1.54) is 0 Å². The molecule has 0 unspecified atom stereocenters. The molecule has 0 radical (unpaired) electrons. The predicted octanol–water partition coefficient (Wildman–Crippen LogP) is 3.46. The molecule has 4 heterocycles. The molecule has 0 aromatic carbocycles. The van der Waals surface area contributed by atoms with Gasteiger partial charge < -0.3 is 15.4 Å². The molecule has 0 aliphatic carbocycles. The van der Waals surface area contributed by atoms with E-state index in [-0.39, 0.29) is 11.8 Å². The maximum absolute atomic E-state index is 12.2. The van der Waals surface area contributed by atoms with Crippen LogP contribution in [0, 0.1) is 6.92 Å². The number of hydrogen-bond acceptors (Lipinski definition) is 6. The summed E-state index contributed by atoms with van der Waals surface area (Å²) in [6.45, 7) is 7.36. The molecule has 0 saturated carbocycles. The highest BCUT2D eigenvalue weighted by atomic mass is 16.3. The third-order valence-corrected chi connectivity index (χ3v) is 5.55. The van der Waals surface area contributed by atoms with Crippen LogP contribution in [0.5, 0.6) is 5.88 Å². The van der Waals surface area contributed by atoms with Crippen LogP contribution in [0.2, 0.25) is 0 Å². The molecular formula is C23H25N7O2. The minimum atomic E-state index is -0.860. The number of hydrogen-bond donors (Lipinski definition) is 3. The van der Waals surface area contributed by atoms with Crippen molar-refractivity contribution >= 4 is 28.3 Å². The van der Waals surface area contributed by atoms with Gasteiger partial charge >= 0.3 is 0 Å². The normalized spacial score (nSPS) is 12.3. The number of fused-ring (bicyclic) bond motifs is 1. The number of nitrogens with zero attached hydrogens (tertiary/aromatic N) is 5. The number of pyridine rings is 2. The van der Waals surface area contributed by atoms with Gasteiger partial charge in [0.05, 0.1) is 28.7 Å². The van der Waals surface area contributed by atoms with Crippen LogP contribution < -0.4 is 5.32 Å². The zero-order chi connectivity index (χ0) is 23.0. The number of carbonyl (C=O) groups is 1. The van der Waals surface area contributed by atoms with Crippen LogP contribution in [0.4, 0.5) is 5.82 Å². The Morgan fingerprint density at radius 2 is 2.06 bits per heavy atom. The highest BCUT2D eigenvalue weighted by Crippen LogP contribution is 2.32. The Hall–Kier alpha value is -4.01. The van der Waals surface area contributed by atoms with Crippen molar-refractivity contribution in [3.05, 3.63) is 54.1 Å². The quantitative estimate of drug-likeness (QED) is 0.418. The van der Waals surface area contributed by atoms with Gasteiger partial charge in [0.2, 0.25) is 5.91 Å². The standard InChI is InChI=1S/C23H25N7O2/c1-13-6-8-25-11-16(13)17-10-15-18(12-26-17)28-21(31)20(15)14(2)27-19-7-9-30(29-19)23(3,4)22(32)24-5/h6-12,28,31H,1-5H3,(H,24,32). The van der Waals surface area contributed by atoms with E-state index in [2.05, 4.69) is 30.4 Å². The second-order valence-corrected chi connectivity index (χ2v) is 8.11. The molecule has 1 amide bonds. The number of aromatic amines is 1. The number of H-pyrrole nitrogens is 1. The van der Waals surface area contributed by atoms with Crippen LogP contribution in [0.1, 0.15) is 31.9 Å². The summed E-state index contributed by atoms with van der Waals surface area (Å²) in [6, 6.07) is 5.57. The Kier molecular flexibility index (Phi) is 5.25. The molecule has 164 valence electrons. The molecule has 32 heavy (non-hydrogen) atoms. The van der Waals surface area contributed by atoms with Crippen LogP contribution in [-0.2, 0) is 10.3 Å². The molecule has 0 saturated heterocycles. The molecule has 9 nitrogen and oxygen atoms in total. The second kappa shape index (κ2) is 7.92. The molecule has 0 atom stereocenters. The Bertz CT molecular complexity index is 1350. The van der Waals surface area contributed by atoms with Crippen molar-refractivity contribution in [2.24, 2.45) is 4.99 Å². The first kappa shape index (κ1) is 21.2. The number of aromatic nitrogens is 5. The summed E-state index contributed by atoms with van der Waals surface area (Å²) in [5.74, 6) is 0.284. The maximum atomic E-state index is 12.2. The first-order valence-corrected chi connectivity index (χ1v) is 10.2. The minimum Gasteiger partial charge on any atom is -0.494 e. The molecule has 0 aliphatic rings. The van der Waals surface area contributed by atoms with E-state index < -0.39 is 5.54 Å². The van der Waals surface area contributed by atoms with Gasteiger partial charge in [0, 0.05) is 42.7 Å². The van der Waals surface area contributed by atoms with Crippen molar-refractivity contribution < 1.29 is 9.90 Å². The van der Waals surface area contributed by atoms with Gasteiger partial charge in [-0.15, -0.1) is 0 Å². The van der Waals surface area contributed by atoms with Crippen LogP contribution >= 0.6 is 0 Å². The van der Waals surface area contributed by atoms with Crippen molar-refractivity contribution in [2.45, 2.75) is 33.2 Å². The first-order chi connectivity index (χ1) is 15.2. The van der Waals surface area contributed by atoms with E-state index in [1.54, 1.807) is 63.4 Å². The summed E-state index contributed by atoms with van der Waals surface area (Å²) in [7, 11) is 1.59. The van der Waals surface area contributed by atoms with Gasteiger partial charge in [0.25, 0.3) is 0 Å². The summed E-state index contributed by atoms with van der Waals surface area (Å²) in [4.78, 5) is 28.4. The fraction of sp³-hybridized carbons (Fsp3) is 0.261. The van der Waals surface area contributed by atoms with E-state index in [9.17, 15) is 9.90 Å². The summed E-state index contributed by atoms with van der Waals surface area (Å²) in [5, 5.41) is 18.5. The molecule has 4 aromatic heterocycles. The number of aromatic hydroxyl groups is 1.